The molecule has 2 amide bonds. The summed E-state index contributed by atoms with van der Waals surface area (Å²) < 4.78 is 5.44. The molecule has 0 bridgehead atoms. The third-order valence-corrected chi connectivity index (χ3v) is 3.54. The SMILES string of the molecule is C=CCONC(=O)[C@@H]1CCN(C(=O)OC(C)(C)C)C(C)(C)C1. The van der Waals surface area contributed by atoms with Gasteiger partial charge in [0.2, 0.25) is 5.91 Å². The van der Waals surface area contributed by atoms with Crippen LogP contribution in [-0.4, -0.2) is 41.2 Å². The summed E-state index contributed by atoms with van der Waals surface area (Å²) in [5.74, 6) is -0.336. The molecule has 1 rings (SSSR count). The van der Waals surface area contributed by atoms with Crippen molar-refractivity contribution in [3.05, 3.63) is 12.7 Å². The molecule has 0 aromatic carbocycles. The molecule has 1 heterocycles. The Morgan fingerprint density at radius 3 is 2.55 bits per heavy atom. The second-order valence-electron chi connectivity index (χ2n) is 7.20. The van der Waals surface area contributed by atoms with Crippen molar-refractivity contribution in [3.8, 4) is 0 Å². The predicted octanol–water partition coefficient (Wildman–Crippen LogP) is 2.65. The first-order chi connectivity index (χ1) is 10.1. The maximum absolute atomic E-state index is 12.3. The second-order valence-corrected chi connectivity index (χ2v) is 7.20. The highest BCUT2D eigenvalue weighted by atomic mass is 16.6. The summed E-state index contributed by atoms with van der Waals surface area (Å²) in [5.41, 5.74) is 1.46. The number of carbonyl (C=O) groups excluding carboxylic acids is 2. The highest BCUT2D eigenvalue weighted by Gasteiger charge is 2.41. The van der Waals surface area contributed by atoms with Gasteiger partial charge in [-0.3, -0.25) is 9.63 Å². The van der Waals surface area contributed by atoms with Crippen molar-refractivity contribution in [2.45, 2.75) is 58.6 Å². The van der Waals surface area contributed by atoms with E-state index in [9.17, 15) is 9.59 Å². The first kappa shape index (κ1) is 18.5. The summed E-state index contributed by atoms with van der Waals surface area (Å²) in [4.78, 5) is 31.0. The zero-order valence-electron chi connectivity index (χ0n) is 14.3. The van der Waals surface area contributed by atoms with Crippen molar-refractivity contribution >= 4 is 12.0 Å². The molecule has 6 heteroatoms. The normalized spacial score (nSPS) is 21.1. The highest BCUT2D eigenvalue weighted by Crippen LogP contribution is 2.32. The molecular weight excluding hydrogens is 284 g/mol. The summed E-state index contributed by atoms with van der Waals surface area (Å²) >= 11 is 0. The number of amides is 2. The smallest absolute Gasteiger partial charge is 0.410 e. The monoisotopic (exact) mass is 312 g/mol. The standard InChI is InChI=1S/C16H28N2O4/c1-7-10-21-17-13(19)12-8-9-18(16(5,6)11-12)14(20)22-15(2,3)4/h7,12H,1,8-11H2,2-6H3,(H,17,19)/t12-/m1/s1. The second kappa shape index (κ2) is 7.13. The van der Waals surface area contributed by atoms with Crippen molar-refractivity contribution < 1.29 is 19.2 Å². The summed E-state index contributed by atoms with van der Waals surface area (Å²) in [6, 6.07) is 0. The van der Waals surface area contributed by atoms with Gasteiger partial charge >= 0.3 is 6.09 Å². The van der Waals surface area contributed by atoms with Crippen molar-refractivity contribution in [2.75, 3.05) is 13.2 Å². The van der Waals surface area contributed by atoms with Crippen LogP contribution in [0.4, 0.5) is 4.79 Å². The molecule has 0 aromatic rings. The maximum Gasteiger partial charge on any atom is 0.410 e. The van der Waals surface area contributed by atoms with Crippen molar-refractivity contribution in [1.82, 2.24) is 10.4 Å². The number of hydrogen-bond acceptors (Lipinski definition) is 4. The number of piperidine rings is 1. The molecule has 1 saturated heterocycles. The van der Waals surface area contributed by atoms with Crippen LogP contribution in [0.2, 0.25) is 0 Å². The third-order valence-electron chi connectivity index (χ3n) is 3.54. The van der Waals surface area contributed by atoms with E-state index < -0.39 is 11.1 Å². The number of nitrogens with zero attached hydrogens (tertiary/aromatic N) is 1. The largest absolute Gasteiger partial charge is 0.444 e. The van der Waals surface area contributed by atoms with E-state index in [0.717, 1.165) is 0 Å². The molecule has 0 radical (unpaired) electrons. The first-order valence-electron chi connectivity index (χ1n) is 7.60. The fraction of sp³-hybridized carbons (Fsp3) is 0.750. The molecule has 0 saturated carbocycles. The van der Waals surface area contributed by atoms with E-state index >= 15 is 0 Å². The van der Waals surface area contributed by atoms with Gasteiger partial charge < -0.3 is 9.64 Å². The van der Waals surface area contributed by atoms with E-state index in [2.05, 4.69) is 12.1 Å². The van der Waals surface area contributed by atoms with E-state index in [-0.39, 0.29) is 24.5 Å². The fourth-order valence-corrected chi connectivity index (χ4v) is 2.54. The lowest BCUT2D eigenvalue weighted by molar-refractivity contribution is -0.140. The van der Waals surface area contributed by atoms with Gasteiger partial charge in [0.05, 0.1) is 6.61 Å². The quantitative estimate of drug-likeness (QED) is 0.492. The molecule has 0 spiro atoms. The Labute approximate surface area is 132 Å². The molecule has 1 fully saturated rings. The van der Waals surface area contributed by atoms with Gasteiger partial charge in [-0.2, -0.15) is 0 Å². The average molecular weight is 312 g/mol. The molecule has 1 atom stereocenters. The summed E-state index contributed by atoms with van der Waals surface area (Å²) in [6.45, 7) is 13.7. The summed E-state index contributed by atoms with van der Waals surface area (Å²) in [6.07, 6.45) is 2.39. The number of rotatable bonds is 4. The Bertz CT molecular complexity index is 426. The van der Waals surface area contributed by atoms with Gasteiger partial charge in [-0.25, -0.2) is 10.3 Å². The van der Waals surface area contributed by atoms with Gasteiger partial charge in [0.1, 0.15) is 5.60 Å². The number of ether oxygens (including phenoxy) is 1. The lowest BCUT2D eigenvalue weighted by Gasteiger charge is -2.45. The summed E-state index contributed by atoms with van der Waals surface area (Å²) in [5, 5.41) is 0. The number of likely N-dealkylation sites (tertiary alicyclic amines) is 1. The zero-order chi connectivity index (χ0) is 17.0. The Kier molecular flexibility index (Phi) is 6.00. The molecule has 6 nitrogen and oxygen atoms in total. The number of hydrogen-bond donors (Lipinski definition) is 1. The molecule has 1 N–H and O–H groups in total. The molecule has 1 aliphatic rings. The number of nitrogens with one attached hydrogen (secondary N) is 1. The van der Waals surface area contributed by atoms with Gasteiger partial charge in [0, 0.05) is 18.0 Å². The molecule has 22 heavy (non-hydrogen) atoms. The van der Waals surface area contributed by atoms with Crippen LogP contribution in [0, 0.1) is 5.92 Å². The van der Waals surface area contributed by atoms with E-state index in [1.54, 1.807) is 11.0 Å². The fourth-order valence-electron chi connectivity index (χ4n) is 2.54. The van der Waals surface area contributed by atoms with Crippen LogP contribution < -0.4 is 5.48 Å². The number of carbonyl (C=O) groups is 2. The summed E-state index contributed by atoms with van der Waals surface area (Å²) in [7, 11) is 0. The molecule has 0 aromatic heterocycles. The lowest BCUT2D eigenvalue weighted by Crippen LogP contribution is -2.55. The van der Waals surface area contributed by atoms with Crippen LogP contribution in [0.1, 0.15) is 47.5 Å². The van der Waals surface area contributed by atoms with E-state index in [1.807, 2.05) is 34.6 Å². The number of hydroxylamine groups is 1. The predicted molar refractivity (Wildman–Crippen MR) is 84.0 cm³/mol. The van der Waals surface area contributed by atoms with E-state index in [1.165, 1.54) is 0 Å². The first-order valence-corrected chi connectivity index (χ1v) is 7.60. The Morgan fingerprint density at radius 1 is 1.41 bits per heavy atom. The Hall–Kier alpha value is -1.56. The van der Waals surface area contributed by atoms with Gasteiger partial charge in [-0.05, 0) is 47.5 Å². The molecule has 0 aliphatic carbocycles. The minimum absolute atomic E-state index is 0.154. The van der Waals surface area contributed by atoms with E-state index in [4.69, 9.17) is 9.57 Å². The maximum atomic E-state index is 12.3. The molecule has 1 aliphatic heterocycles. The van der Waals surface area contributed by atoms with Gasteiger partial charge in [-0.15, -0.1) is 6.58 Å². The highest BCUT2D eigenvalue weighted by molar-refractivity contribution is 5.78. The Balaban J connectivity index is 2.63. The average Bonchev–Trinajstić information content (AvgIpc) is 2.35. The molecular formula is C16H28N2O4. The van der Waals surface area contributed by atoms with Gasteiger partial charge in [-0.1, -0.05) is 6.08 Å². The van der Waals surface area contributed by atoms with Crippen LogP contribution in [0.5, 0.6) is 0 Å². The lowest BCUT2D eigenvalue weighted by atomic mass is 9.82. The molecule has 126 valence electrons. The van der Waals surface area contributed by atoms with Crippen molar-refractivity contribution in [3.63, 3.8) is 0 Å². The van der Waals surface area contributed by atoms with Crippen molar-refractivity contribution in [1.29, 1.82) is 0 Å². The minimum atomic E-state index is -0.528. The van der Waals surface area contributed by atoms with Crippen LogP contribution in [0.15, 0.2) is 12.7 Å². The van der Waals surface area contributed by atoms with Crippen LogP contribution in [-0.2, 0) is 14.4 Å². The van der Waals surface area contributed by atoms with Crippen LogP contribution in [0.25, 0.3) is 0 Å². The van der Waals surface area contributed by atoms with Crippen LogP contribution in [0.3, 0.4) is 0 Å². The Morgan fingerprint density at radius 2 is 2.05 bits per heavy atom. The van der Waals surface area contributed by atoms with Gasteiger partial charge in [0.15, 0.2) is 0 Å². The molecule has 0 unspecified atom stereocenters. The van der Waals surface area contributed by atoms with E-state index in [0.29, 0.717) is 19.4 Å². The third kappa shape index (κ3) is 5.33. The van der Waals surface area contributed by atoms with Gasteiger partial charge in [0.25, 0.3) is 0 Å². The minimum Gasteiger partial charge on any atom is -0.444 e. The zero-order valence-corrected chi connectivity index (χ0v) is 14.3. The van der Waals surface area contributed by atoms with Crippen molar-refractivity contribution in [2.24, 2.45) is 5.92 Å². The topological polar surface area (TPSA) is 67.9 Å². The van der Waals surface area contributed by atoms with Crippen LogP contribution >= 0.6 is 0 Å².